The molecule has 1 unspecified atom stereocenters. The summed E-state index contributed by atoms with van der Waals surface area (Å²) >= 11 is 0. The van der Waals surface area contributed by atoms with E-state index in [0.29, 0.717) is 22.4 Å². The first kappa shape index (κ1) is 24.7. The summed E-state index contributed by atoms with van der Waals surface area (Å²) in [5.41, 5.74) is 3.21. The maximum atomic E-state index is 12.9. The van der Waals surface area contributed by atoms with E-state index in [2.05, 4.69) is 11.9 Å². The quantitative estimate of drug-likeness (QED) is 0.282. The molecule has 1 heterocycles. The van der Waals surface area contributed by atoms with Crippen LogP contribution in [-0.4, -0.2) is 31.1 Å². The van der Waals surface area contributed by atoms with Gasteiger partial charge in [-0.3, -0.25) is 0 Å². The average Bonchev–Trinajstić information content (AvgIpc) is 2.73. The number of dihydropyridines is 1. The van der Waals surface area contributed by atoms with Crippen LogP contribution in [0.1, 0.15) is 51.7 Å². The van der Waals surface area contributed by atoms with E-state index in [-0.39, 0.29) is 24.7 Å². The van der Waals surface area contributed by atoms with Crippen LogP contribution in [-0.2, 0) is 28.6 Å². The number of hydrogen-bond acceptors (Lipinski definition) is 7. The molecule has 7 heteroatoms. The van der Waals surface area contributed by atoms with Crippen molar-refractivity contribution in [2.45, 2.75) is 40.5 Å². The van der Waals surface area contributed by atoms with Crippen LogP contribution >= 0.6 is 0 Å². The molecule has 0 bridgehead atoms. The Morgan fingerprint density at radius 1 is 1.06 bits per heavy atom. The van der Waals surface area contributed by atoms with Gasteiger partial charge in [-0.25, -0.2) is 14.4 Å². The molecule has 0 spiro atoms. The molecule has 0 radical (unpaired) electrons. The fourth-order valence-corrected chi connectivity index (χ4v) is 3.50. The van der Waals surface area contributed by atoms with E-state index in [1.807, 2.05) is 24.3 Å². The van der Waals surface area contributed by atoms with Crippen molar-refractivity contribution < 1.29 is 28.6 Å². The van der Waals surface area contributed by atoms with Gasteiger partial charge < -0.3 is 19.5 Å². The first-order valence-corrected chi connectivity index (χ1v) is 10.4. The number of benzene rings is 1. The van der Waals surface area contributed by atoms with Crippen LogP contribution in [0, 0.1) is 0 Å². The first-order valence-electron chi connectivity index (χ1n) is 10.4. The fourth-order valence-electron chi connectivity index (χ4n) is 3.50. The van der Waals surface area contributed by atoms with Crippen LogP contribution in [0.5, 0.6) is 0 Å². The van der Waals surface area contributed by atoms with E-state index < -0.39 is 23.8 Å². The van der Waals surface area contributed by atoms with Gasteiger partial charge in [-0.05, 0) is 57.4 Å². The third-order valence-corrected chi connectivity index (χ3v) is 4.79. The van der Waals surface area contributed by atoms with Crippen molar-refractivity contribution in [1.82, 2.24) is 5.32 Å². The minimum atomic E-state index is -0.576. The predicted octanol–water partition coefficient (Wildman–Crippen LogP) is 4.14. The maximum Gasteiger partial charge on any atom is 0.354 e. The zero-order chi connectivity index (χ0) is 23.8. The molecule has 0 aliphatic carbocycles. The van der Waals surface area contributed by atoms with Gasteiger partial charge in [-0.2, -0.15) is 0 Å². The molecule has 1 aliphatic heterocycles. The molecule has 32 heavy (non-hydrogen) atoms. The minimum absolute atomic E-state index is 0.212. The van der Waals surface area contributed by atoms with Gasteiger partial charge in [0.15, 0.2) is 0 Å². The molecule has 0 amide bonds. The highest BCUT2D eigenvalue weighted by molar-refractivity contribution is 5.97. The molecule has 1 aliphatic rings. The number of hydrogen-bond donors (Lipinski definition) is 1. The molecule has 7 nitrogen and oxygen atoms in total. The SMILES string of the molecule is C=C(C)OC(=O)/C=C/c1ccccc1C1C(C)=C(C(=O)OCC)NC(C)=C1C(=O)OCC. The number of esters is 3. The van der Waals surface area contributed by atoms with Crippen LogP contribution in [0.25, 0.3) is 6.08 Å². The number of carbonyl (C=O) groups excluding carboxylic acids is 3. The smallest absolute Gasteiger partial charge is 0.354 e. The molecular formula is C25H29NO6. The van der Waals surface area contributed by atoms with E-state index in [1.54, 1.807) is 40.7 Å². The summed E-state index contributed by atoms with van der Waals surface area (Å²) in [6.45, 7) is 12.5. The van der Waals surface area contributed by atoms with Gasteiger partial charge in [-0.1, -0.05) is 30.8 Å². The van der Waals surface area contributed by atoms with Crippen molar-refractivity contribution >= 4 is 24.0 Å². The van der Waals surface area contributed by atoms with Crippen molar-refractivity contribution in [3.05, 3.63) is 76.3 Å². The van der Waals surface area contributed by atoms with Crippen LogP contribution < -0.4 is 5.32 Å². The Morgan fingerprint density at radius 2 is 1.69 bits per heavy atom. The lowest BCUT2D eigenvalue weighted by Gasteiger charge is -2.31. The number of carbonyl (C=O) groups is 3. The van der Waals surface area contributed by atoms with Crippen LogP contribution in [0.15, 0.2) is 65.2 Å². The second kappa shape index (κ2) is 11.1. The number of allylic oxidation sites excluding steroid dienone is 3. The summed E-state index contributed by atoms with van der Waals surface area (Å²) in [6.07, 6.45) is 2.90. The van der Waals surface area contributed by atoms with Crippen LogP contribution in [0.2, 0.25) is 0 Å². The van der Waals surface area contributed by atoms with Crippen molar-refractivity contribution in [2.24, 2.45) is 0 Å². The van der Waals surface area contributed by atoms with Crippen molar-refractivity contribution in [3.8, 4) is 0 Å². The first-order chi connectivity index (χ1) is 15.2. The van der Waals surface area contributed by atoms with E-state index in [4.69, 9.17) is 14.2 Å². The highest BCUT2D eigenvalue weighted by atomic mass is 16.5. The predicted molar refractivity (Wildman–Crippen MR) is 121 cm³/mol. The molecule has 0 saturated heterocycles. The standard InChI is InChI=1S/C25H29NO6/c1-7-30-24(28)22-17(6)26-23(25(29)31-8-2)16(5)21(22)19-12-10-9-11-18(19)13-14-20(27)32-15(3)4/h9-14,21,26H,3,7-8H2,1-2,4-6H3/b14-13+. The third kappa shape index (κ3) is 5.75. The summed E-state index contributed by atoms with van der Waals surface area (Å²) in [6, 6.07) is 7.31. The fraction of sp³-hybridized carbons (Fsp3) is 0.320. The average molecular weight is 440 g/mol. The number of ether oxygens (including phenoxy) is 3. The van der Waals surface area contributed by atoms with E-state index in [1.165, 1.54) is 6.08 Å². The summed E-state index contributed by atoms with van der Waals surface area (Å²) in [5.74, 6) is -1.84. The molecule has 0 fully saturated rings. The van der Waals surface area contributed by atoms with Gasteiger partial charge in [0.25, 0.3) is 0 Å². The molecule has 1 N–H and O–H groups in total. The second-order valence-electron chi connectivity index (χ2n) is 7.18. The van der Waals surface area contributed by atoms with E-state index >= 15 is 0 Å². The summed E-state index contributed by atoms with van der Waals surface area (Å²) < 4.78 is 15.5. The largest absolute Gasteiger partial charge is 0.463 e. The van der Waals surface area contributed by atoms with Crippen LogP contribution in [0.4, 0.5) is 0 Å². The summed E-state index contributed by atoms with van der Waals surface area (Å²) in [4.78, 5) is 37.4. The van der Waals surface area contributed by atoms with Gasteiger partial charge in [-0.15, -0.1) is 0 Å². The zero-order valence-corrected chi connectivity index (χ0v) is 19.1. The summed E-state index contributed by atoms with van der Waals surface area (Å²) in [5, 5.41) is 3.01. The van der Waals surface area contributed by atoms with Gasteiger partial charge in [0.05, 0.1) is 24.5 Å². The Kier molecular flexibility index (Phi) is 8.58. The topological polar surface area (TPSA) is 90.9 Å². The number of nitrogens with one attached hydrogen (secondary N) is 1. The highest BCUT2D eigenvalue weighted by Crippen LogP contribution is 2.40. The highest BCUT2D eigenvalue weighted by Gasteiger charge is 2.36. The molecule has 1 aromatic rings. The molecule has 170 valence electrons. The van der Waals surface area contributed by atoms with Crippen LogP contribution in [0.3, 0.4) is 0 Å². The Bertz CT molecular complexity index is 1020. The Balaban J connectivity index is 2.63. The maximum absolute atomic E-state index is 12.9. The number of rotatable bonds is 8. The van der Waals surface area contributed by atoms with Gasteiger partial charge in [0, 0.05) is 17.7 Å². The summed E-state index contributed by atoms with van der Waals surface area (Å²) in [7, 11) is 0. The lowest BCUT2D eigenvalue weighted by Crippen LogP contribution is -2.33. The Morgan fingerprint density at radius 3 is 2.31 bits per heavy atom. The monoisotopic (exact) mass is 439 g/mol. The van der Waals surface area contributed by atoms with E-state index in [0.717, 1.165) is 5.56 Å². The van der Waals surface area contributed by atoms with Crippen molar-refractivity contribution in [2.75, 3.05) is 13.2 Å². The zero-order valence-electron chi connectivity index (χ0n) is 19.1. The lowest BCUT2D eigenvalue weighted by molar-refractivity contribution is -0.140. The molecule has 1 aromatic carbocycles. The lowest BCUT2D eigenvalue weighted by atomic mass is 9.79. The molecular weight excluding hydrogens is 410 g/mol. The van der Waals surface area contributed by atoms with Crippen molar-refractivity contribution in [1.29, 1.82) is 0 Å². The van der Waals surface area contributed by atoms with Gasteiger partial charge in [0.2, 0.25) is 0 Å². The molecule has 0 saturated carbocycles. The molecule has 2 rings (SSSR count). The second-order valence-corrected chi connectivity index (χ2v) is 7.18. The molecule has 1 atom stereocenters. The normalized spacial score (nSPS) is 16.0. The third-order valence-electron chi connectivity index (χ3n) is 4.79. The Labute approximate surface area is 188 Å². The van der Waals surface area contributed by atoms with Gasteiger partial charge in [0.1, 0.15) is 5.70 Å². The Hall–Kier alpha value is -3.61. The van der Waals surface area contributed by atoms with Crippen molar-refractivity contribution in [3.63, 3.8) is 0 Å². The van der Waals surface area contributed by atoms with Gasteiger partial charge >= 0.3 is 17.9 Å². The molecule has 0 aromatic heterocycles. The minimum Gasteiger partial charge on any atom is -0.463 e. The van der Waals surface area contributed by atoms with E-state index in [9.17, 15) is 14.4 Å².